The molecule has 18 heavy (non-hydrogen) atoms. The topological polar surface area (TPSA) is 24.5 Å². The van der Waals surface area contributed by atoms with Crippen molar-refractivity contribution in [3.63, 3.8) is 0 Å². The molecule has 0 radical (unpaired) electrons. The second kappa shape index (κ2) is 6.76. The molecule has 0 aliphatic carbocycles. The third kappa shape index (κ3) is 3.24. The highest BCUT2D eigenvalue weighted by Crippen LogP contribution is 2.32. The Morgan fingerprint density at radius 1 is 1.28 bits per heavy atom. The molecule has 1 unspecified atom stereocenters. The fourth-order valence-corrected chi connectivity index (χ4v) is 2.45. The van der Waals surface area contributed by atoms with Crippen molar-refractivity contribution in [1.82, 2.24) is 10.2 Å². The first-order valence-electron chi connectivity index (χ1n) is 7.00. The number of para-hydroxylation sites is 1. The van der Waals surface area contributed by atoms with Crippen LogP contribution < -0.4 is 10.1 Å². The molecule has 1 heterocycles. The predicted molar refractivity (Wildman–Crippen MR) is 75.3 cm³/mol. The molecule has 1 aromatic rings. The Hall–Kier alpha value is -1.06. The van der Waals surface area contributed by atoms with Gasteiger partial charge in [0.25, 0.3) is 0 Å². The molecule has 2 rings (SSSR count). The predicted octanol–water partition coefficient (Wildman–Crippen LogP) is 2.09. The standard InChI is InChI=1S/C15H24N2O/c1-3-17(4-2)10-9-16-11-13-12-18-15-8-6-5-7-14(13)15/h5-8,13,16H,3-4,9-12H2,1-2H3. The van der Waals surface area contributed by atoms with E-state index in [1.54, 1.807) is 0 Å². The number of rotatable bonds is 7. The van der Waals surface area contributed by atoms with Crippen LogP contribution in [0.25, 0.3) is 0 Å². The summed E-state index contributed by atoms with van der Waals surface area (Å²) in [4.78, 5) is 2.44. The van der Waals surface area contributed by atoms with Crippen molar-refractivity contribution in [2.75, 3.05) is 39.3 Å². The number of ether oxygens (including phenoxy) is 1. The highest BCUT2D eigenvalue weighted by Gasteiger charge is 2.22. The average Bonchev–Trinajstić information content (AvgIpc) is 2.82. The van der Waals surface area contributed by atoms with Gasteiger partial charge in [-0.2, -0.15) is 0 Å². The van der Waals surface area contributed by atoms with Gasteiger partial charge in [-0.05, 0) is 19.2 Å². The maximum atomic E-state index is 5.68. The van der Waals surface area contributed by atoms with E-state index in [1.165, 1.54) is 5.56 Å². The van der Waals surface area contributed by atoms with E-state index in [2.05, 4.69) is 42.3 Å². The Balaban J connectivity index is 1.72. The normalized spacial score (nSPS) is 17.8. The smallest absolute Gasteiger partial charge is 0.122 e. The highest BCUT2D eigenvalue weighted by atomic mass is 16.5. The van der Waals surface area contributed by atoms with Crippen LogP contribution in [-0.4, -0.2) is 44.2 Å². The molecule has 0 bridgehead atoms. The van der Waals surface area contributed by atoms with Crippen molar-refractivity contribution in [1.29, 1.82) is 0 Å². The number of hydrogen-bond acceptors (Lipinski definition) is 3. The Bertz CT molecular complexity index is 363. The first-order chi connectivity index (χ1) is 8.85. The second-order valence-corrected chi connectivity index (χ2v) is 4.78. The minimum atomic E-state index is 0.512. The molecule has 0 amide bonds. The summed E-state index contributed by atoms with van der Waals surface area (Å²) < 4.78 is 5.68. The van der Waals surface area contributed by atoms with Gasteiger partial charge >= 0.3 is 0 Å². The maximum Gasteiger partial charge on any atom is 0.122 e. The van der Waals surface area contributed by atoms with E-state index < -0.39 is 0 Å². The van der Waals surface area contributed by atoms with E-state index in [4.69, 9.17) is 4.74 Å². The monoisotopic (exact) mass is 248 g/mol. The molecule has 1 aromatic carbocycles. The van der Waals surface area contributed by atoms with E-state index in [0.29, 0.717) is 5.92 Å². The molecule has 3 heteroatoms. The Labute approximate surface area is 110 Å². The van der Waals surface area contributed by atoms with Crippen LogP contribution in [0, 0.1) is 0 Å². The average molecular weight is 248 g/mol. The van der Waals surface area contributed by atoms with Crippen LogP contribution in [-0.2, 0) is 0 Å². The molecular weight excluding hydrogens is 224 g/mol. The lowest BCUT2D eigenvalue weighted by Gasteiger charge is -2.18. The molecule has 1 aliphatic heterocycles. The summed E-state index contributed by atoms with van der Waals surface area (Å²) in [5.41, 5.74) is 1.35. The van der Waals surface area contributed by atoms with E-state index >= 15 is 0 Å². The number of nitrogens with one attached hydrogen (secondary N) is 1. The van der Waals surface area contributed by atoms with Gasteiger partial charge in [0.15, 0.2) is 0 Å². The maximum absolute atomic E-state index is 5.68. The first-order valence-corrected chi connectivity index (χ1v) is 7.00. The zero-order chi connectivity index (χ0) is 12.8. The molecule has 0 aromatic heterocycles. The van der Waals surface area contributed by atoms with Gasteiger partial charge in [-0.15, -0.1) is 0 Å². The number of likely N-dealkylation sites (N-methyl/N-ethyl adjacent to an activating group) is 1. The van der Waals surface area contributed by atoms with Crippen molar-refractivity contribution in [2.45, 2.75) is 19.8 Å². The molecular formula is C15H24N2O. The van der Waals surface area contributed by atoms with Gasteiger partial charge in [0, 0.05) is 31.1 Å². The zero-order valence-corrected chi connectivity index (χ0v) is 11.5. The van der Waals surface area contributed by atoms with Gasteiger partial charge in [-0.1, -0.05) is 32.0 Å². The zero-order valence-electron chi connectivity index (χ0n) is 11.5. The summed E-state index contributed by atoms with van der Waals surface area (Å²) in [5.74, 6) is 1.57. The van der Waals surface area contributed by atoms with Crippen LogP contribution >= 0.6 is 0 Å². The molecule has 0 saturated heterocycles. The third-order valence-corrected chi connectivity index (χ3v) is 3.69. The summed E-state index contributed by atoms with van der Waals surface area (Å²) in [6.45, 7) is 10.7. The van der Waals surface area contributed by atoms with Crippen molar-refractivity contribution in [3.8, 4) is 5.75 Å². The lowest BCUT2D eigenvalue weighted by atomic mass is 10.0. The quantitative estimate of drug-likeness (QED) is 0.748. The van der Waals surface area contributed by atoms with Crippen molar-refractivity contribution < 1.29 is 4.74 Å². The molecule has 3 nitrogen and oxygen atoms in total. The summed E-state index contributed by atoms with van der Waals surface area (Å²) in [6, 6.07) is 8.37. The van der Waals surface area contributed by atoms with E-state index in [1.807, 2.05) is 6.07 Å². The van der Waals surface area contributed by atoms with Gasteiger partial charge in [0.05, 0.1) is 6.61 Å². The Kier molecular flexibility index (Phi) is 5.02. The summed E-state index contributed by atoms with van der Waals surface area (Å²) in [7, 11) is 0. The van der Waals surface area contributed by atoms with Gasteiger partial charge in [0.2, 0.25) is 0 Å². The van der Waals surface area contributed by atoms with Crippen LogP contribution in [0.15, 0.2) is 24.3 Å². The van der Waals surface area contributed by atoms with E-state index in [0.717, 1.165) is 45.1 Å². The third-order valence-electron chi connectivity index (χ3n) is 3.69. The first kappa shape index (κ1) is 13.4. The minimum Gasteiger partial charge on any atom is -0.493 e. The molecule has 1 N–H and O–H groups in total. The van der Waals surface area contributed by atoms with Crippen LogP contribution in [0.1, 0.15) is 25.3 Å². The molecule has 100 valence electrons. The van der Waals surface area contributed by atoms with Crippen molar-refractivity contribution in [3.05, 3.63) is 29.8 Å². The minimum absolute atomic E-state index is 0.512. The number of benzene rings is 1. The summed E-state index contributed by atoms with van der Waals surface area (Å²) >= 11 is 0. The van der Waals surface area contributed by atoms with Gasteiger partial charge in [-0.3, -0.25) is 0 Å². The van der Waals surface area contributed by atoms with E-state index in [-0.39, 0.29) is 0 Å². The Morgan fingerprint density at radius 3 is 2.83 bits per heavy atom. The van der Waals surface area contributed by atoms with Gasteiger partial charge in [-0.25, -0.2) is 0 Å². The van der Waals surface area contributed by atoms with Crippen molar-refractivity contribution >= 4 is 0 Å². The number of hydrogen-bond donors (Lipinski definition) is 1. The lowest BCUT2D eigenvalue weighted by Crippen LogP contribution is -2.33. The van der Waals surface area contributed by atoms with Crippen LogP contribution in [0.4, 0.5) is 0 Å². The number of nitrogens with zero attached hydrogens (tertiary/aromatic N) is 1. The summed E-state index contributed by atoms with van der Waals surface area (Å²) in [6.07, 6.45) is 0. The molecule has 0 fully saturated rings. The summed E-state index contributed by atoms with van der Waals surface area (Å²) in [5, 5.41) is 3.55. The largest absolute Gasteiger partial charge is 0.493 e. The Morgan fingerprint density at radius 2 is 2.06 bits per heavy atom. The van der Waals surface area contributed by atoms with Crippen LogP contribution in [0.2, 0.25) is 0 Å². The van der Waals surface area contributed by atoms with Gasteiger partial charge < -0.3 is 15.0 Å². The molecule has 1 aliphatic rings. The fraction of sp³-hybridized carbons (Fsp3) is 0.600. The SMILES string of the molecule is CCN(CC)CCNCC1COc2ccccc21. The van der Waals surface area contributed by atoms with Gasteiger partial charge in [0.1, 0.15) is 5.75 Å². The van der Waals surface area contributed by atoms with E-state index in [9.17, 15) is 0 Å². The number of fused-ring (bicyclic) bond motifs is 1. The molecule has 0 spiro atoms. The lowest BCUT2D eigenvalue weighted by molar-refractivity contribution is 0.295. The van der Waals surface area contributed by atoms with Crippen molar-refractivity contribution in [2.24, 2.45) is 0 Å². The van der Waals surface area contributed by atoms with Crippen LogP contribution in [0.5, 0.6) is 5.75 Å². The second-order valence-electron chi connectivity index (χ2n) is 4.78. The molecule has 1 atom stereocenters. The fourth-order valence-electron chi connectivity index (χ4n) is 2.45. The molecule has 0 saturated carbocycles. The van der Waals surface area contributed by atoms with Crippen LogP contribution in [0.3, 0.4) is 0 Å². The highest BCUT2D eigenvalue weighted by molar-refractivity contribution is 5.39.